The summed E-state index contributed by atoms with van der Waals surface area (Å²) in [4.78, 5) is 10.7. The van der Waals surface area contributed by atoms with E-state index in [9.17, 15) is 10.0 Å². The molecule has 3 N–H and O–H groups in total. The molecule has 0 aliphatic rings. The molecule has 0 fully saturated rings. The fourth-order valence-corrected chi connectivity index (χ4v) is 1.48. The molecule has 0 aromatic heterocycles. The number of hydrogen-bond acceptors (Lipinski definition) is 4. The zero-order valence-corrected chi connectivity index (χ0v) is 9.07. The van der Waals surface area contributed by atoms with Crippen LogP contribution in [0.3, 0.4) is 0 Å². The van der Waals surface area contributed by atoms with Gasteiger partial charge in [-0.3, -0.25) is 15.1 Å². The van der Waals surface area contributed by atoms with Gasteiger partial charge in [0.15, 0.2) is 6.29 Å². The molecule has 0 radical (unpaired) electrons. The van der Waals surface area contributed by atoms with Crippen LogP contribution >= 0.6 is 15.9 Å². The number of aldehydes is 1. The summed E-state index contributed by atoms with van der Waals surface area (Å²) in [6, 6.07) is 5.05. The Balaban J connectivity index is 3.01. The normalized spacial score (nSPS) is 9.93. The van der Waals surface area contributed by atoms with Crippen LogP contribution in [0.2, 0.25) is 0 Å². The smallest absolute Gasteiger partial charge is 0.152 e. The molecule has 0 aliphatic heterocycles. The summed E-state index contributed by atoms with van der Waals surface area (Å²) in [5, 5.41) is 10.5. The van der Waals surface area contributed by atoms with Gasteiger partial charge in [-0.1, -0.05) is 15.9 Å². The van der Waals surface area contributed by atoms with Crippen molar-refractivity contribution in [2.45, 2.75) is 0 Å². The summed E-state index contributed by atoms with van der Waals surface area (Å²) in [5.74, 6) is 0. The van der Waals surface area contributed by atoms with Gasteiger partial charge in [0.05, 0.1) is 12.2 Å². The van der Waals surface area contributed by atoms with Crippen molar-refractivity contribution in [2.24, 2.45) is 5.73 Å². The minimum atomic E-state index is 0.294. The Morgan fingerprint density at radius 1 is 1.57 bits per heavy atom. The Labute approximate surface area is 90.4 Å². The first-order valence-electron chi connectivity index (χ1n) is 4.10. The molecule has 0 aliphatic carbocycles. The molecule has 0 saturated carbocycles. The van der Waals surface area contributed by atoms with Crippen LogP contribution in [0.4, 0.5) is 5.69 Å². The summed E-state index contributed by atoms with van der Waals surface area (Å²) >= 11 is 3.24. The van der Waals surface area contributed by atoms with Crippen LogP contribution < -0.4 is 10.8 Å². The molecule has 0 saturated heterocycles. The Morgan fingerprint density at radius 2 is 2.29 bits per heavy atom. The van der Waals surface area contributed by atoms with Crippen LogP contribution in [0, 0.1) is 0 Å². The summed E-state index contributed by atoms with van der Waals surface area (Å²) < 4.78 is 0.796. The first kappa shape index (κ1) is 11.2. The second-order valence-corrected chi connectivity index (χ2v) is 3.65. The van der Waals surface area contributed by atoms with Gasteiger partial charge in [-0.2, -0.15) is 0 Å². The molecular weight excluding hydrogens is 248 g/mol. The van der Waals surface area contributed by atoms with Crippen molar-refractivity contribution in [2.75, 3.05) is 18.2 Å². The number of carbonyl (C=O) groups excluding carboxylic acids is 1. The third-order valence-corrected chi connectivity index (χ3v) is 2.23. The summed E-state index contributed by atoms with van der Waals surface area (Å²) in [6.45, 7) is 0.618. The average molecular weight is 259 g/mol. The number of rotatable bonds is 4. The molecule has 5 heteroatoms. The van der Waals surface area contributed by atoms with Gasteiger partial charge >= 0.3 is 0 Å². The monoisotopic (exact) mass is 258 g/mol. The summed E-state index contributed by atoms with van der Waals surface area (Å²) in [7, 11) is 0. The van der Waals surface area contributed by atoms with Crippen LogP contribution in [-0.2, 0) is 0 Å². The SMILES string of the molecule is NCCN(O)c1ccc(Br)cc1C=O. The van der Waals surface area contributed by atoms with Crippen molar-refractivity contribution in [3.63, 3.8) is 0 Å². The van der Waals surface area contributed by atoms with Gasteiger partial charge in [-0.05, 0) is 18.2 Å². The number of hydrogen-bond donors (Lipinski definition) is 2. The van der Waals surface area contributed by atoms with Crippen molar-refractivity contribution in [1.82, 2.24) is 0 Å². The van der Waals surface area contributed by atoms with Crippen LogP contribution in [0.1, 0.15) is 10.4 Å². The van der Waals surface area contributed by atoms with Gasteiger partial charge in [-0.25, -0.2) is 0 Å². The van der Waals surface area contributed by atoms with Crippen LogP contribution in [-0.4, -0.2) is 24.6 Å². The molecule has 0 unspecified atom stereocenters. The third-order valence-electron chi connectivity index (χ3n) is 1.74. The predicted octanol–water partition coefficient (Wildman–Crippen LogP) is 1.42. The number of benzene rings is 1. The number of carbonyl (C=O) groups is 1. The molecule has 4 nitrogen and oxygen atoms in total. The average Bonchev–Trinajstić information content (AvgIpc) is 2.17. The fraction of sp³-hybridized carbons (Fsp3) is 0.222. The minimum absolute atomic E-state index is 0.294. The van der Waals surface area contributed by atoms with Crippen molar-refractivity contribution < 1.29 is 10.0 Å². The van der Waals surface area contributed by atoms with E-state index in [4.69, 9.17) is 5.73 Å². The van der Waals surface area contributed by atoms with E-state index < -0.39 is 0 Å². The topological polar surface area (TPSA) is 66.6 Å². The highest BCUT2D eigenvalue weighted by Gasteiger charge is 2.07. The highest BCUT2D eigenvalue weighted by molar-refractivity contribution is 9.10. The molecule has 0 amide bonds. The lowest BCUT2D eigenvalue weighted by atomic mass is 10.2. The molecular formula is C9H11BrN2O2. The van der Waals surface area contributed by atoms with E-state index in [0.717, 1.165) is 9.54 Å². The maximum absolute atomic E-state index is 10.7. The Bertz CT molecular complexity index is 331. The Kier molecular flexibility index (Phi) is 4.06. The largest absolute Gasteiger partial charge is 0.329 e. The van der Waals surface area contributed by atoms with E-state index in [1.54, 1.807) is 18.2 Å². The van der Waals surface area contributed by atoms with Gasteiger partial charge in [0.2, 0.25) is 0 Å². The lowest BCUT2D eigenvalue weighted by Crippen LogP contribution is -2.26. The number of hydroxylamine groups is 1. The van der Waals surface area contributed by atoms with Crippen LogP contribution in [0.5, 0.6) is 0 Å². The molecule has 0 atom stereocenters. The van der Waals surface area contributed by atoms with Gasteiger partial charge in [0.25, 0.3) is 0 Å². The number of anilines is 1. The molecule has 1 rings (SSSR count). The Morgan fingerprint density at radius 3 is 2.86 bits per heavy atom. The maximum Gasteiger partial charge on any atom is 0.152 e. The standard InChI is InChI=1S/C9H11BrN2O2/c10-8-1-2-9(7(5-8)6-13)12(14)4-3-11/h1-2,5-6,14H,3-4,11H2. The molecule has 0 bridgehead atoms. The van der Waals surface area contributed by atoms with Crippen molar-refractivity contribution in [3.8, 4) is 0 Å². The van der Waals surface area contributed by atoms with E-state index in [-0.39, 0.29) is 0 Å². The lowest BCUT2D eigenvalue weighted by molar-refractivity contribution is 0.112. The Hall–Kier alpha value is -0.910. The number of halogens is 1. The second-order valence-electron chi connectivity index (χ2n) is 2.73. The first-order valence-corrected chi connectivity index (χ1v) is 4.89. The molecule has 1 aromatic rings. The van der Waals surface area contributed by atoms with E-state index >= 15 is 0 Å². The van der Waals surface area contributed by atoms with Gasteiger partial charge in [0.1, 0.15) is 0 Å². The summed E-state index contributed by atoms with van der Waals surface area (Å²) in [5.41, 5.74) is 6.18. The number of nitrogens with zero attached hydrogens (tertiary/aromatic N) is 1. The second kappa shape index (κ2) is 5.09. The van der Waals surface area contributed by atoms with Crippen LogP contribution in [0.25, 0.3) is 0 Å². The quantitative estimate of drug-likeness (QED) is 0.633. The van der Waals surface area contributed by atoms with Gasteiger partial charge in [0, 0.05) is 16.6 Å². The maximum atomic E-state index is 10.7. The van der Waals surface area contributed by atoms with Gasteiger partial charge < -0.3 is 5.73 Å². The van der Waals surface area contributed by atoms with Crippen molar-refractivity contribution in [3.05, 3.63) is 28.2 Å². The van der Waals surface area contributed by atoms with Crippen molar-refractivity contribution >= 4 is 27.9 Å². The minimum Gasteiger partial charge on any atom is -0.329 e. The van der Waals surface area contributed by atoms with E-state index in [1.807, 2.05) is 0 Å². The number of nitrogens with two attached hydrogens (primary N) is 1. The highest BCUT2D eigenvalue weighted by atomic mass is 79.9. The predicted molar refractivity (Wildman–Crippen MR) is 57.7 cm³/mol. The molecule has 0 spiro atoms. The fourth-order valence-electron chi connectivity index (χ4n) is 1.10. The zero-order chi connectivity index (χ0) is 10.6. The van der Waals surface area contributed by atoms with E-state index in [1.165, 1.54) is 0 Å². The molecule has 0 heterocycles. The molecule has 14 heavy (non-hydrogen) atoms. The van der Waals surface area contributed by atoms with E-state index in [2.05, 4.69) is 15.9 Å². The molecule has 76 valence electrons. The van der Waals surface area contributed by atoms with E-state index in [0.29, 0.717) is 30.6 Å². The van der Waals surface area contributed by atoms with Gasteiger partial charge in [-0.15, -0.1) is 0 Å². The third kappa shape index (κ3) is 2.54. The lowest BCUT2D eigenvalue weighted by Gasteiger charge is -2.17. The highest BCUT2D eigenvalue weighted by Crippen LogP contribution is 2.21. The van der Waals surface area contributed by atoms with Crippen molar-refractivity contribution in [1.29, 1.82) is 0 Å². The first-order chi connectivity index (χ1) is 6.69. The summed E-state index contributed by atoms with van der Waals surface area (Å²) in [6.07, 6.45) is 0.694. The van der Waals surface area contributed by atoms with Crippen LogP contribution in [0.15, 0.2) is 22.7 Å². The molecule has 1 aromatic carbocycles. The zero-order valence-electron chi connectivity index (χ0n) is 7.48.